The van der Waals surface area contributed by atoms with E-state index in [2.05, 4.69) is 15.3 Å². The van der Waals surface area contributed by atoms with Gasteiger partial charge in [0.2, 0.25) is 5.91 Å². The molecule has 1 saturated heterocycles. The minimum Gasteiger partial charge on any atom is -0.444 e. The van der Waals surface area contributed by atoms with Gasteiger partial charge in [0.25, 0.3) is 0 Å². The lowest BCUT2D eigenvalue weighted by Gasteiger charge is -2.27. The minimum atomic E-state index is -1.25. The molecule has 8 heteroatoms. The second kappa shape index (κ2) is 6.57. The number of hydrogen-bond donors (Lipinski definition) is 1. The first-order chi connectivity index (χ1) is 11.7. The van der Waals surface area contributed by atoms with Crippen LogP contribution >= 0.6 is 0 Å². The summed E-state index contributed by atoms with van der Waals surface area (Å²) in [6, 6.07) is -0.909. The van der Waals surface area contributed by atoms with Crippen LogP contribution in [-0.2, 0) is 9.53 Å². The van der Waals surface area contributed by atoms with Crippen molar-refractivity contribution >= 4 is 17.7 Å². The lowest BCUT2D eigenvalue weighted by atomic mass is 10.2. The number of carbonyl (C=O) groups is 2. The Kier molecular flexibility index (Phi) is 4.62. The molecule has 0 spiro atoms. The van der Waals surface area contributed by atoms with E-state index in [0.29, 0.717) is 11.6 Å². The molecule has 0 unspecified atom stereocenters. The number of nitrogens with one attached hydrogen (secondary N) is 1. The largest absolute Gasteiger partial charge is 0.444 e. The van der Waals surface area contributed by atoms with Crippen LogP contribution in [0, 0.1) is 0 Å². The van der Waals surface area contributed by atoms with Gasteiger partial charge in [0.05, 0.1) is 24.6 Å². The van der Waals surface area contributed by atoms with E-state index in [9.17, 15) is 14.0 Å². The zero-order valence-corrected chi connectivity index (χ0v) is 14.7. The van der Waals surface area contributed by atoms with Gasteiger partial charge in [-0.05, 0) is 33.6 Å². The highest BCUT2D eigenvalue weighted by Gasteiger charge is 2.41. The molecule has 0 bridgehead atoms. The van der Waals surface area contributed by atoms with Gasteiger partial charge in [0, 0.05) is 12.3 Å². The number of amides is 2. The standard InChI is InChI=1S/C17H23FN4O3/c1-17(2,3)25-16(24)22-9-11(18)6-13(22)15(23)21-12-7-19-14(20-8-12)10-4-5-10/h7-8,10-11,13H,4-6,9H2,1-3H3,(H,21,23)/t11-,13+/m0/s1. The van der Waals surface area contributed by atoms with Crippen molar-refractivity contribution in [2.24, 2.45) is 0 Å². The Balaban J connectivity index is 1.65. The highest BCUT2D eigenvalue weighted by molar-refractivity contribution is 5.96. The zero-order valence-electron chi connectivity index (χ0n) is 14.7. The average Bonchev–Trinajstić information content (AvgIpc) is 3.28. The molecular formula is C17H23FN4O3. The second-order valence-electron chi connectivity index (χ2n) is 7.57. The van der Waals surface area contributed by atoms with Crippen molar-refractivity contribution in [2.75, 3.05) is 11.9 Å². The van der Waals surface area contributed by atoms with Gasteiger partial charge < -0.3 is 10.1 Å². The zero-order chi connectivity index (χ0) is 18.2. The molecule has 1 aliphatic carbocycles. The van der Waals surface area contributed by atoms with Crippen molar-refractivity contribution in [3.05, 3.63) is 18.2 Å². The van der Waals surface area contributed by atoms with E-state index < -0.39 is 29.8 Å². The summed E-state index contributed by atoms with van der Waals surface area (Å²) >= 11 is 0. The average molecular weight is 350 g/mol. The summed E-state index contributed by atoms with van der Waals surface area (Å²) in [6.45, 7) is 5.02. The fourth-order valence-electron chi connectivity index (χ4n) is 2.74. The van der Waals surface area contributed by atoms with Crippen LogP contribution < -0.4 is 5.32 Å². The highest BCUT2D eigenvalue weighted by atomic mass is 19.1. The van der Waals surface area contributed by atoms with Crippen LogP contribution in [0.4, 0.5) is 14.9 Å². The molecular weight excluding hydrogens is 327 g/mol. The Labute approximate surface area is 146 Å². The topological polar surface area (TPSA) is 84.4 Å². The third kappa shape index (κ3) is 4.43. The number of rotatable bonds is 3. The van der Waals surface area contributed by atoms with Crippen LogP contribution in [0.15, 0.2) is 12.4 Å². The van der Waals surface area contributed by atoms with Crippen LogP contribution in [0.5, 0.6) is 0 Å². The van der Waals surface area contributed by atoms with E-state index in [0.717, 1.165) is 23.6 Å². The third-order valence-electron chi connectivity index (χ3n) is 4.06. The number of halogens is 1. The number of nitrogens with zero attached hydrogens (tertiary/aromatic N) is 3. The van der Waals surface area contributed by atoms with Gasteiger partial charge in [0.1, 0.15) is 23.6 Å². The first kappa shape index (κ1) is 17.6. The molecule has 1 saturated carbocycles. The molecule has 2 heterocycles. The maximum Gasteiger partial charge on any atom is 0.411 e. The van der Waals surface area contributed by atoms with Gasteiger partial charge in [-0.2, -0.15) is 0 Å². The van der Waals surface area contributed by atoms with Gasteiger partial charge in [-0.1, -0.05) is 0 Å². The summed E-state index contributed by atoms with van der Waals surface area (Å²) in [6.07, 6.45) is 3.28. The summed E-state index contributed by atoms with van der Waals surface area (Å²) < 4.78 is 19.1. The maximum absolute atomic E-state index is 13.8. The summed E-state index contributed by atoms with van der Waals surface area (Å²) in [4.78, 5) is 34.3. The molecule has 2 atom stereocenters. The van der Waals surface area contributed by atoms with E-state index in [1.165, 1.54) is 12.4 Å². The van der Waals surface area contributed by atoms with E-state index in [1.807, 2.05) is 0 Å². The number of carbonyl (C=O) groups excluding carboxylic acids is 2. The fraction of sp³-hybridized carbons (Fsp3) is 0.647. The molecule has 1 N–H and O–H groups in total. The molecule has 7 nitrogen and oxygen atoms in total. The number of hydrogen-bond acceptors (Lipinski definition) is 5. The van der Waals surface area contributed by atoms with Crippen molar-refractivity contribution in [2.45, 2.75) is 63.8 Å². The molecule has 1 aliphatic heterocycles. The summed E-state index contributed by atoms with van der Waals surface area (Å²) in [7, 11) is 0. The van der Waals surface area contributed by atoms with E-state index in [1.54, 1.807) is 20.8 Å². The van der Waals surface area contributed by atoms with Crippen LogP contribution in [0.2, 0.25) is 0 Å². The van der Waals surface area contributed by atoms with Crippen molar-refractivity contribution in [1.29, 1.82) is 0 Å². The lowest BCUT2D eigenvalue weighted by molar-refractivity contribution is -0.120. The summed E-state index contributed by atoms with van der Waals surface area (Å²) in [5, 5.41) is 2.66. The fourth-order valence-corrected chi connectivity index (χ4v) is 2.74. The van der Waals surface area contributed by atoms with E-state index in [4.69, 9.17) is 4.74 Å². The number of anilines is 1. The molecule has 25 heavy (non-hydrogen) atoms. The van der Waals surface area contributed by atoms with Crippen LogP contribution in [-0.4, -0.2) is 51.2 Å². The smallest absolute Gasteiger partial charge is 0.411 e. The Morgan fingerprint density at radius 3 is 2.48 bits per heavy atom. The van der Waals surface area contributed by atoms with Crippen LogP contribution in [0.25, 0.3) is 0 Å². The molecule has 2 aliphatic rings. The molecule has 2 amide bonds. The summed E-state index contributed by atoms with van der Waals surface area (Å²) in [5.74, 6) is 0.737. The Hall–Kier alpha value is -2.25. The van der Waals surface area contributed by atoms with Gasteiger partial charge >= 0.3 is 6.09 Å². The normalized spacial score (nSPS) is 23.4. The summed E-state index contributed by atoms with van der Waals surface area (Å²) in [5.41, 5.74) is -0.278. The van der Waals surface area contributed by atoms with E-state index in [-0.39, 0.29) is 13.0 Å². The van der Waals surface area contributed by atoms with Crippen molar-refractivity contribution < 1.29 is 18.7 Å². The quantitative estimate of drug-likeness (QED) is 0.906. The molecule has 136 valence electrons. The van der Waals surface area contributed by atoms with Gasteiger partial charge in [-0.25, -0.2) is 19.2 Å². The Morgan fingerprint density at radius 2 is 1.92 bits per heavy atom. The highest BCUT2D eigenvalue weighted by Crippen LogP contribution is 2.37. The first-order valence-electron chi connectivity index (χ1n) is 8.49. The van der Waals surface area contributed by atoms with E-state index >= 15 is 0 Å². The molecule has 1 aromatic rings. The van der Waals surface area contributed by atoms with Gasteiger partial charge in [-0.3, -0.25) is 9.69 Å². The SMILES string of the molecule is CC(C)(C)OC(=O)N1C[C@@H](F)C[C@@H]1C(=O)Nc1cnc(C2CC2)nc1. The van der Waals surface area contributed by atoms with Crippen molar-refractivity contribution in [3.63, 3.8) is 0 Å². The first-order valence-corrected chi connectivity index (χ1v) is 8.49. The van der Waals surface area contributed by atoms with Crippen LogP contribution in [0.1, 0.15) is 51.8 Å². The Bertz CT molecular complexity index is 655. The van der Waals surface area contributed by atoms with Gasteiger partial charge in [-0.15, -0.1) is 0 Å². The number of alkyl halides is 1. The molecule has 1 aromatic heterocycles. The second-order valence-corrected chi connectivity index (χ2v) is 7.57. The number of ether oxygens (including phenoxy) is 1. The molecule has 3 rings (SSSR count). The molecule has 0 radical (unpaired) electrons. The predicted molar refractivity (Wildman–Crippen MR) is 88.9 cm³/mol. The maximum atomic E-state index is 13.8. The Morgan fingerprint density at radius 1 is 1.28 bits per heavy atom. The van der Waals surface area contributed by atoms with Crippen molar-refractivity contribution in [3.8, 4) is 0 Å². The lowest BCUT2D eigenvalue weighted by Crippen LogP contribution is -2.45. The van der Waals surface area contributed by atoms with Crippen LogP contribution in [0.3, 0.4) is 0 Å². The third-order valence-corrected chi connectivity index (χ3v) is 4.06. The minimum absolute atomic E-state index is 0.0495. The monoisotopic (exact) mass is 350 g/mol. The number of aromatic nitrogens is 2. The number of likely N-dealkylation sites (tertiary alicyclic amines) is 1. The predicted octanol–water partition coefficient (Wildman–Crippen LogP) is 2.64. The molecule has 0 aromatic carbocycles. The molecule has 2 fully saturated rings. The van der Waals surface area contributed by atoms with Gasteiger partial charge in [0.15, 0.2) is 0 Å². The van der Waals surface area contributed by atoms with Crippen molar-refractivity contribution in [1.82, 2.24) is 14.9 Å².